The number of amides is 1. The number of aliphatic hydroxyl groups is 1. The first kappa shape index (κ1) is 14.4. The van der Waals surface area contributed by atoms with Crippen molar-refractivity contribution >= 4 is 5.91 Å². The van der Waals surface area contributed by atoms with Gasteiger partial charge in [-0.05, 0) is 26.3 Å². The lowest BCUT2D eigenvalue weighted by Crippen LogP contribution is -2.51. The Bertz CT molecular complexity index is 240. The van der Waals surface area contributed by atoms with E-state index >= 15 is 0 Å². The van der Waals surface area contributed by atoms with Crippen molar-refractivity contribution in [1.82, 2.24) is 10.2 Å². The maximum atomic E-state index is 12.4. The summed E-state index contributed by atoms with van der Waals surface area (Å²) in [5, 5.41) is 12.3. The van der Waals surface area contributed by atoms with Crippen LogP contribution in [-0.2, 0) is 9.53 Å². The Morgan fingerprint density at radius 1 is 1.53 bits per heavy atom. The molecule has 1 heterocycles. The summed E-state index contributed by atoms with van der Waals surface area (Å²) < 4.78 is 5.00. The van der Waals surface area contributed by atoms with Gasteiger partial charge in [-0.15, -0.1) is 0 Å². The average molecular weight is 244 g/mol. The number of nitrogens with zero attached hydrogens (tertiary/aromatic N) is 1. The monoisotopic (exact) mass is 244 g/mol. The van der Waals surface area contributed by atoms with Gasteiger partial charge in [-0.25, -0.2) is 0 Å². The molecule has 1 saturated heterocycles. The van der Waals surface area contributed by atoms with Crippen molar-refractivity contribution in [3.63, 3.8) is 0 Å². The summed E-state index contributed by atoms with van der Waals surface area (Å²) in [7, 11) is 1.62. The van der Waals surface area contributed by atoms with Gasteiger partial charge in [0.15, 0.2) is 0 Å². The number of aliphatic hydroxyl groups excluding tert-OH is 1. The number of methoxy groups -OCH3 is 1. The number of ether oxygens (including phenoxy) is 1. The molecule has 1 unspecified atom stereocenters. The topological polar surface area (TPSA) is 61.8 Å². The molecule has 5 heteroatoms. The van der Waals surface area contributed by atoms with Crippen LogP contribution in [0.15, 0.2) is 0 Å². The highest BCUT2D eigenvalue weighted by Gasteiger charge is 2.37. The van der Waals surface area contributed by atoms with Gasteiger partial charge in [0.05, 0.1) is 18.6 Å². The first-order chi connectivity index (χ1) is 8.14. The molecule has 0 aliphatic carbocycles. The molecule has 0 aromatic heterocycles. The second-order valence-electron chi connectivity index (χ2n) is 4.85. The van der Waals surface area contributed by atoms with Crippen LogP contribution in [0.3, 0.4) is 0 Å². The van der Waals surface area contributed by atoms with Gasteiger partial charge in [-0.1, -0.05) is 0 Å². The lowest BCUT2D eigenvalue weighted by Gasteiger charge is -2.37. The third-order valence-corrected chi connectivity index (χ3v) is 3.34. The molecular formula is C12H24N2O3. The van der Waals surface area contributed by atoms with Crippen molar-refractivity contribution < 1.29 is 14.6 Å². The summed E-state index contributed by atoms with van der Waals surface area (Å²) in [6.07, 6.45) is 1.94. The summed E-state index contributed by atoms with van der Waals surface area (Å²) in [6, 6.07) is 0. The summed E-state index contributed by atoms with van der Waals surface area (Å²) in [4.78, 5) is 14.1. The van der Waals surface area contributed by atoms with Crippen LogP contribution in [0, 0.1) is 5.41 Å². The van der Waals surface area contributed by atoms with E-state index in [0.29, 0.717) is 19.7 Å². The fraction of sp³-hybridized carbons (Fsp3) is 0.917. The van der Waals surface area contributed by atoms with Crippen LogP contribution >= 0.6 is 0 Å². The van der Waals surface area contributed by atoms with E-state index in [9.17, 15) is 4.79 Å². The molecule has 1 fully saturated rings. The van der Waals surface area contributed by atoms with Crippen molar-refractivity contribution in [2.45, 2.75) is 19.8 Å². The molecule has 0 aromatic rings. The second kappa shape index (κ2) is 6.93. The molecule has 1 aliphatic rings. The quantitative estimate of drug-likeness (QED) is 0.682. The van der Waals surface area contributed by atoms with Crippen LogP contribution in [0.5, 0.6) is 0 Å². The number of piperidine rings is 1. The minimum atomic E-state index is -0.332. The van der Waals surface area contributed by atoms with Gasteiger partial charge in [-0.2, -0.15) is 0 Å². The molecule has 0 radical (unpaired) electrons. The number of hydrogen-bond donors (Lipinski definition) is 2. The van der Waals surface area contributed by atoms with Crippen molar-refractivity contribution in [3.05, 3.63) is 0 Å². The number of rotatable bonds is 6. The van der Waals surface area contributed by atoms with Crippen molar-refractivity contribution in [3.8, 4) is 0 Å². The van der Waals surface area contributed by atoms with Crippen LogP contribution in [-0.4, -0.2) is 62.4 Å². The highest BCUT2D eigenvalue weighted by molar-refractivity contribution is 5.82. The summed E-state index contributed by atoms with van der Waals surface area (Å²) in [6.45, 7) is 5.15. The zero-order valence-electron chi connectivity index (χ0n) is 10.9. The van der Waals surface area contributed by atoms with E-state index in [2.05, 4.69) is 5.32 Å². The minimum absolute atomic E-state index is 0.00103. The molecule has 1 amide bonds. The zero-order valence-corrected chi connectivity index (χ0v) is 10.9. The van der Waals surface area contributed by atoms with E-state index in [1.54, 1.807) is 12.0 Å². The van der Waals surface area contributed by atoms with Crippen LogP contribution in [0.2, 0.25) is 0 Å². The normalized spacial score (nSPS) is 24.6. The lowest BCUT2D eigenvalue weighted by molar-refractivity contribution is -0.143. The van der Waals surface area contributed by atoms with Crippen molar-refractivity contribution in [2.24, 2.45) is 5.41 Å². The standard InChI is InChI=1S/C12H24N2O3/c1-12(4-3-5-13-10-12)11(16)14(6-8-15)7-9-17-2/h13,15H,3-10H2,1-2H3. The molecule has 0 saturated carbocycles. The first-order valence-corrected chi connectivity index (χ1v) is 6.24. The molecule has 5 nitrogen and oxygen atoms in total. The van der Waals surface area contributed by atoms with Crippen LogP contribution < -0.4 is 5.32 Å². The maximum Gasteiger partial charge on any atom is 0.229 e. The van der Waals surface area contributed by atoms with Crippen molar-refractivity contribution in [2.75, 3.05) is 46.5 Å². The fourth-order valence-corrected chi connectivity index (χ4v) is 2.26. The molecule has 1 atom stereocenters. The largest absolute Gasteiger partial charge is 0.395 e. The Morgan fingerprint density at radius 3 is 2.82 bits per heavy atom. The van der Waals surface area contributed by atoms with E-state index in [1.165, 1.54) is 0 Å². The Balaban J connectivity index is 2.61. The van der Waals surface area contributed by atoms with Crippen molar-refractivity contribution in [1.29, 1.82) is 0 Å². The lowest BCUT2D eigenvalue weighted by atomic mass is 9.81. The smallest absolute Gasteiger partial charge is 0.229 e. The molecule has 0 aromatic carbocycles. The van der Waals surface area contributed by atoms with E-state index in [4.69, 9.17) is 9.84 Å². The Kier molecular flexibility index (Phi) is 5.88. The van der Waals surface area contributed by atoms with Gasteiger partial charge >= 0.3 is 0 Å². The SMILES string of the molecule is COCCN(CCO)C(=O)C1(C)CCCNC1. The number of nitrogens with one attached hydrogen (secondary N) is 1. The third-order valence-electron chi connectivity index (χ3n) is 3.34. The third kappa shape index (κ3) is 3.94. The second-order valence-corrected chi connectivity index (χ2v) is 4.85. The summed E-state index contributed by atoms with van der Waals surface area (Å²) >= 11 is 0. The van der Waals surface area contributed by atoms with Gasteiger partial charge in [0.2, 0.25) is 5.91 Å². The van der Waals surface area contributed by atoms with Gasteiger partial charge in [0, 0.05) is 26.7 Å². The molecule has 100 valence electrons. The predicted molar refractivity (Wildman–Crippen MR) is 65.8 cm³/mol. The average Bonchev–Trinajstić information content (AvgIpc) is 2.34. The van der Waals surface area contributed by atoms with Crippen LogP contribution in [0.4, 0.5) is 0 Å². The predicted octanol–water partition coefficient (Wildman–Crippen LogP) is -0.157. The molecule has 0 bridgehead atoms. The summed E-state index contributed by atoms with van der Waals surface area (Å²) in [5.74, 6) is 0.121. The van der Waals surface area contributed by atoms with Gasteiger partial charge in [0.25, 0.3) is 0 Å². The molecule has 2 N–H and O–H groups in total. The van der Waals surface area contributed by atoms with Gasteiger partial charge < -0.3 is 20.1 Å². The first-order valence-electron chi connectivity index (χ1n) is 6.24. The fourth-order valence-electron chi connectivity index (χ4n) is 2.26. The maximum absolute atomic E-state index is 12.4. The van der Waals surface area contributed by atoms with E-state index in [0.717, 1.165) is 25.9 Å². The molecule has 17 heavy (non-hydrogen) atoms. The Hall–Kier alpha value is -0.650. The van der Waals surface area contributed by atoms with E-state index < -0.39 is 0 Å². The number of carbonyl (C=O) groups excluding carboxylic acids is 1. The highest BCUT2D eigenvalue weighted by Crippen LogP contribution is 2.27. The van der Waals surface area contributed by atoms with E-state index in [-0.39, 0.29) is 17.9 Å². The number of hydrogen-bond acceptors (Lipinski definition) is 4. The minimum Gasteiger partial charge on any atom is -0.395 e. The molecule has 1 aliphatic heterocycles. The Labute approximate surface area is 103 Å². The molecule has 1 rings (SSSR count). The van der Waals surface area contributed by atoms with Crippen LogP contribution in [0.25, 0.3) is 0 Å². The Morgan fingerprint density at radius 2 is 2.29 bits per heavy atom. The molecule has 0 spiro atoms. The van der Waals surface area contributed by atoms with Gasteiger partial charge in [-0.3, -0.25) is 4.79 Å². The zero-order chi connectivity index (χ0) is 12.7. The van der Waals surface area contributed by atoms with Crippen LogP contribution in [0.1, 0.15) is 19.8 Å². The van der Waals surface area contributed by atoms with Gasteiger partial charge in [0.1, 0.15) is 0 Å². The molecular weight excluding hydrogens is 220 g/mol. The summed E-state index contributed by atoms with van der Waals surface area (Å²) in [5.41, 5.74) is -0.332. The van der Waals surface area contributed by atoms with E-state index in [1.807, 2.05) is 6.92 Å². The number of carbonyl (C=O) groups is 1. The highest BCUT2D eigenvalue weighted by atomic mass is 16.5.